The van der Waals surface area contributed by atoms with Crippen molar-refractivity contribution in [3.8, 4) is 5.75 Å². The van der Waals surface area contributed by atoms with Crippen molar-refractivity contribution in [2.24, 2.45) is 0 Å². The standard InChI is InChI=1S/C15H24O.Sm/c1-10-8-11(14(2,3)4)13(16)12(9-10)15(5,6)7;/h8-9,16H,1-7H3;. The number of benzene rings is 1. The van der Waals surface area contributed by atoms with Crippen LogP contribution in [0.1, 0.15) is 58.2 Å². The van der Waals surface area contributed by atoms with Gasteiger partial charge in [-0.15, -0.1) is 0 Å². The van der Waals surface area contributed by atoms with Gasteiger partial charge in [0.2, 0.25) is 0 Å². The Morgan fingerprint density at radius 3 is 1.35 bits per heavy atom. The minimum atomic E-state index is -0.0178. The first-order valence-electron chi connectivity index (χ1n) is 5.88. The first-order chi connectivity index (χ1) is 7.03. The molecule has 1 aromatic rings. The van der Waals surface area contributed by atoms with Gasteiger partial charge >= 0.3 is 0 Å². The summed E-state index contributed by atoms with van der Waals surface area (Å²) >= 11 is 0. The Morgan fingerprint density at radius 1 is 0.824 bits per heavy atom. The molecule has 0 bridgehead atoms. The summed E-state index contributed by atoms with van der Waals surface area (Å²) in [5, 5.41) is 10.4. The van der Waals surface area contributed by atoms with Crippen molar-refractivity contribution in [2.75, 3.05) is 0 Å². The zero-order chi connectivity index (χ0) is 12.7. The van der Waals surface area contributed by atoms with Crippen molar-refractivity contribution < 1.29 is 45.5 Å². The molecule has 0 spiro atoms. The van der Waals surface area contributed by atoms with E-state index in [9.17, 15) is 5.11 Å². The van der Waals surface area contributed by atoms with Crippen molar-refractivity contribution in [1.82, 2.24) is 0 Å². The van der Waals surface area contributed by atoms with Gasteiger partial charge in [0.25, 0.3) is 0 Å². The molecule has 1 N–H and O–H groups in total. The predicted molar refractivity (Wildman–Crippen MR) is 70.2 cm³/mol. The van der Waals surface area contributed by atoms with E-state index in [0.29, 0.717) is 5.75 Å². The Bertz CT molecular complexity index is 359. The number of aromatic hydroxyl groups is 1. The summed E-state index contributed by atoms with van der Waals surface area (Å²) in [6.45, 7) is 14.9. The number of hydrogen-bond donors (Lipinski definition) is 1. The second-order valence-electron chi connectivity index (χ2n) is 6.71. The smallest absolute Gasteiger partial charge is 0.123 e. The van der Waals surface area contributed by atoms with Crippen LogP contribution in [0, 0.1) is 47.3 Å². The molecule has 0 unspecified atom stereocenters. The Hall–Kier alpha value is 0.358. The van der Waals surface area contributed by atoms with Gasteiger partial charge in [0.1, 0.15) is 5.75 Å². The van der Waals surface area contributed by atoms with Crippen LogP contribution in [0.25, 0.3) is 0 Å². The number of aryl methyl sites for hydroxylation is 1. The summed E-state index contributed by atoms with van der Waals surface area (Å²) in [6.07, 6.45) is 0. The summed E-state index contributed by atoms with van der Waals surface area (Å²) in [7, 11) is 0. The van der Waals surface area contributed by atoms with Crippen molar-refractivity contribution in [3.63, 3.8) is 0 Å². The molecule has 0 radical (unpaired) electrons. The van der Waals surface area contributed by atoms with Crippen molar-refractivity contribution >= 4 is 0 Å². The molecule has 0 aromatic heterocycles. The van der Waals surface area contributed by atoms with E-state index in [4.69, 9.17) is 0 Å². The first-order valence-corrected chi connectivity index (χ1v) is 5.88. The number of phenols is 1. The molecular formula is C15H24OSm. The van der Waals surface area contributed by atoms with E-state index in [1.807, 2.05) is 0 Å². The second kappa shape index (κ2) is 5.55. The molecule has 0 aliphatic heterocycles. The van der Waals surface area contributed by atoms with Gasteiger partial charge in [-0.1, -0.05) is 59.2 Å². The molecule has 1 aromatic carbocycles. The van der Waals surface area contributed by atoms with E-state index in [1.165, 1.54) is 5.56 Å². The Morgan fingerprint density at radius 2 is 1.12 bits per heavy atom. The topological polar surface area (TPSA) is 20.2 Å². The van der Waals surface area contributed by atoms with Gasteiger partial charge in [0.15, 0.2) is 0 Å². The van der Waals surface area contributed by atoms with Crippen LogP contribution >= 0.6 is 0 Å². The second-order valence-corrected chi connectivity index (χ2v) is 6.71. The largest absolute Gasteiger partial charge is 0.507 e. The molecule has 0 amide bonds. The fourth-order valence-corrected chi connectivity index (χ4v) is 1.92. The zero-order valence-corrected chi connectivity index (χ0v) is 14.6. The molecule has 0 aliphatic carbocycles. The van der Waals surface area contributed by atoms with E-state index < -0.39 is 0 Å². The molecule has 0 heterocycles. The van der Waals surface area contributed by atoms with E-state index in [0.717, 1.165) is 11.1 Å². The molecule has 0 aliphatic rings. The van der Waals surface area contributed by atoms with Gasteiger partial charge in [-0.05, 0) is 28.9 Å². The first kappa shape index (κ1) is 17.4. The maximum absolute atomic E-state index is 10.4. The summed E-state index contributed by atoms with van der Waals surface area (Å²) in [5.41, 5.74) is 3.26. The van der Waals surface area contributed by atoms with E-state index in [1.54, 1.807) is 0 Å². The third-order valence-electron chi connectivity index (χ3n) is 2.87. The molecule has 0 atom stereocenters. The van der Waals surface area contributed by atoms with Gasteiger partial charge in [0.05, 0.1) is 0 Å². The molecular weight excluding hydrogens is 347 g/mol. The third kappa shape index (κ3) is 4.19. The van der Waals surface area contributed by atoms with Gasteiger partial charge in [-0.2, -0.15) is 0 Å². The number of rotatable bonds is 0. The minimum absolute atomic E-state index is 0. The Balaban J connectivity index is 0.00000256. The number of hydrogen-bond acceptors (Lipinski definition) is 1. The predicted octanol–water partition coefficient (Wildman–Crippen LogP) is 4.30. The fraction of sp³-hybridized carbons (Fsp3) is 0.600. The van der Waals surface area contributed by atoms with Gasteiger partial charge < -0.3 is 5.11 Å². The van der Waals surface area contributed by atoms with E-state index in [2.05, 4.69) is 60.6 Å². The molecule has 0 fully saturated rings. The van der Waals surface area contributed by atoms with E-state index >= 15 is 0 Å². The van der Waals surface area contributed by atoms with Crippen LogP contribution in [0.2, 0.25) is 0 Å². The molecule has 96 valence electrons. The maximum atomic E-state index is 10.4. The monoisotopic (exact) mass is 372 g/mol. The van der Waals surface area contributed by atoms with Crippen molar-refractivity contribution in [2.45, 2.75) is 59.3 Å². The zero-order valence-electron chi connectivity index (χ0n) is 12.0. The molecule has 1 nitrogen and oxygen atoms in total. The molecule has 0 saturated carbocycles. The molecule has 17 heavy (non-hydrogen) atoms. The van der Waals surface area contributed by atoms with Gasteiger partial charge in [-0.25, -0.2) is 0 Å². The summed E-state index contributed by atoms with van der Waals surface area (Å²) < 4.78 is 0. The minimum Gasteiger partial charge on any atom is -0.507 e. The SMILES string of the molecule is Cc1cc(C(C)(C)C)c(O)c(C(C)(C)C)c1.[Sm]. The number of phenolic OH excluding ortho intramolecular Hbond substituents is 1. The van der Waals surface area contributed by atoms with Crippen molar-refractivity contribution in [3.05, 3.63) is 28.8 Å². The van der Waals surface area contributed by atoms with Crippen LogP contribution in [0.4, 0.5) is 0 Å². The van der Waals surface area contributed by atoms with Gasteiger partial charge in [-0.3, -0.25) is 0 Å². The third-order valence-corrected chi connectivity index (χ3v) is 2.87. The molecule has 2 heteroatoms. The average Bonchev–Trinajstić information content (AvgIpc) is 2.04. The van der Waals surface area contributed by atoms with Crippen LogP contribution in [0.3, 0.4) is 0 Å². The summed E-state index contributed by atoms with van der Waals surface area (Å²) in [5.74, 6) is 0.464. The van der Waals surface area contributed by atoms with Crippen molar-refractivity contribution in [1.29, 1.82) is 0 Å². The Labute approximate surface area is 138 Å². The van der Waals surface area contributed by atoms with Crippen LogP contribution in [0.15, 0.2) is 12.1 Å². The molecule has 1 rings (SSSR count). The maximum Gasteiger partial charge on any atom is 0.123 e. The average molecular weight is 371 g/mol. The summed E-state index contributed by atoms with van der Waals surface area (Å²) in [6, 6.07) is 4.18. The normalized spacial score (nSPS) is 12.2. The van der Waals surface area contributed by atoms with Gasteiger partial charge in [0, 0.05) is 40.4 Å². The molecule has 0 saturated heterocycles. The fourth-order valence-electron chi connectivity index (χ4n) is 1.92. The quantitative estimate of drug-likeness (QED) is 0.722. The van der Waals surface area contributed by atoms with Crippen LogP contribution in [-0.2, 0) is 10.8 Å². The van der Waals surface area contributed by atoms with Crippen LogP contribution < -0.4 is 0 Å². The van der Waals surface area contributed by atoms with Crippen LogP contribution in [-0.4, -0.2) is 5.11 Å². The van der Waals surface area contributed by atoms with Crippen LogP contribution in [0.5, 0.6) is 5.75 Å². The Kier molecular flexibility index (Phi) is 5.67. The summed E-state index contributed by atoms with van der Waals surface area (Å²) in [4.78, 5) is 0. The van der Waals surface area contributed by atoms with E-state index in [-0.39, 0.29) is 51.2 Å².